The van der Waals surface area contributed by atoms with Crippen molar-refractivity contribution in [3.8, 4) is 0 Å². The van der Waals surface area contributed by atoms with Crippen LogP contribution in [-0.4, -0.2) is 6.29 Å². The molecule has 82 valence electrons. The molecular formula is C13H24O. The molecule has 1 aliphatic rings. The molecule has 0 unspecified atom stereocenters. The third-order valence-electron chi connectivity index (χ3n) is 3.48. The van der Waals surface area contributed by atoms with E-state index in [1.54, 1.807) is 0 Å². The van der Waals surface area contributed by atoms with Crippen LogP contribution in [0.4, 0.5) is 0 Å². The van der Waals surface area contributed by atoms with Crippen molar-refractivity contribution in [3.05, 3.63) is 0 Å². The summed E-state index contributed by atoms with van der Waals surface area (Å²) in [5.41, 5.74) is 0. The lowest BCUT2D eigenvalue weighted by molar-refractivity contribution is -0.112. The van der Waals surface area contributed by atoms with Crippen LogP contribution in [0, 0.1) is 17.8 Å². The van der Waals surface area contributed by atoms with E-state index < -0.39 is 0 Å². The average molecular weight is 196 g/mol. The van der Waals surface area contributed by atoms with Gasteiger partial charge < -0.3 is 4.79 Å². The predicted octanol–water partition coefficient (Wildman–Crippen LogP) is 3.82. The molecule has 0 saturated heterocycles. The molecule has 0 N–H and O–H groups in total. The zero-order valence-electron chi connectivity index (χ0n) is 9.67. The first-order valence-electron chi connectivity index (χ1n) is 6.17. The molecule has 1 saturated carbocycles. The summed E-state index contributed by atoms with van der Waals surface area (Å²) in [6.45, 7) is 4.59. The Kier molecular flexibility index (Phi) is 5.21. The third-order valence-corrected chi connectivity index (χ3v) is 3.48. The molecule has 0 aromatic heterocycles. The van der Waals surface area contributed by atoms with Gasteiger partial charge in [0.15, 0.2) is 0 Å². The van der Waals surface area contributed by atoms with Gasteiger partial charge in [-0.2, -0.15) is 0 Å². The number of hydrogen-bond acceptors (Lipinski definition) is 1. The second-order valence-corrected chi connectivity index (χ2v) is 5.24. The van der Waals surface area contributed by atoms with Crippen molar-refractivity contribution in [1.29, 1.82) is 0 Å². The van der Waals surface area contributed by atoms with E-state index in [1.807, 2.05) is 0 Å². The van der Waals surface area contributed by atoms with Crippen molar-refractivity contribution in [1.82, 2.24) is 0 Å². The summed E-state index contributed by atoms with van der Waals surface area (Å²) in [6, 6.07) is 0. The fourth-order valence-corrected chi connectivity index (χ4v) is 2.43. The second-order valence-electron chi connectivity index (χ2n) is 5.24. The van der Waals surface area contributed by atoms with Gasteiger partial charge in [-0.15, -0.1) is 0 Å². The van der Waals surface area contributed by atoms with E-state index in [0.29, 0.717) is 5.92 Å². The highest BCUT2D eigenvalue weighted by molar-refractivity contribution is 5.53. The van der Waals surface area contributed by atoms with Crippen LogP contribution in [0.2, 0.25) is 0 Å². The molecule has 0 atom stereocenters. The van der Waals surface area contributed by atoms with Crippen LogP contribution in [-0.2, 0) is 4.79 Å². The standard InChI is InChI=1S/C13H24O/c1-11(2)4-3-5-12-6-8-13(10-14)9-7-12/h10-13H,3-9H2,1-2H3. The van der Waals surface area contributed by atoms with E-state index in [4.69, 9.17) is 0 Å². The summed E-state index contributed by atoms with van der Waals surface area (Å²) in [5, 5.41) is 0. The Morgan fingerprint density at radius 1 is 1.21 bits per heavy atom. The van der Waals surface area contributed by atoms with Crippen LogP contribution in [0.1, 0.15) is 58.8 Å². The summed E-state index contributed by atoms with van der Waals surface area (Å²) in [4.78, 5) is 10.6. The van der Waals surface area contributed by atoms with E-state index in [2.05, 4.69) is 13.8 Å². The predicted molar refractivity (Wildman–Crippen MR) is 60.2 cm³/mol. The molecule has 14 heavy (non-hydrogen) atoms. The highest BCUT2D eigenvalue weighted by atomic mass is 16.1. The van der Waals surface area contributed by atoms with Crippen molar-refractivity contribution in [2.45, 2.75) is 58.8 Å². The van der Waals surface area contributed by atoms with Gasteiger partial charge in [-0.05, 0) is 37.5 Å². The van der Waals surface area contributed by atoms with E-state index in [9.17, 15) is 4.79 Å². The van der Waals surface area contributed by atoms with Crippen molar-refractivity contribution >= 4 is 6.29 Å². The molecule has 1 fully saturated rings. The molecule has 0 aromatic carbocycles. The highest BCUT2D eigenvalue weighted by Gasteiger charge is 2.19. The van der Waals surface area contributed by atoms with Gasteiger partial charge in [-0.25, -0.2) is 0 Å². The number of hydrogen-bond donors (Lipinski definition) is 0. The van der Waals surface area contributed by atoms with Crippen LogP contribution in [0.15, 0.2) is 0 Å². The van der Waals surface area contributed by atoms with Gasteiger partial charge in [-0.1, -0.05) is 33.1 Å². The highest BCUT2D eigenvalue weighted by Crippen LogP contribution is 2.31. The maximum Gasteiger partial charge on any atom is 0.123 e. The van der Waals surface area contributed by atoms with Crippen molar-refractivity contribution in [2.75, 3.05) is 0 Å². The van der Waals surface area contributed by atoms with Gasteiger partial charge in [0.2, 0.25) is 0 Å². The molecule has 1 rings (SSSR count). The fourth-order valence-electron chi connectivity index (χ4n) is 2.43. The van der Waals surface area contributed by atoms with Crippen molar-refractivity contribution in [3.63, 3.8) is 0 Å². The monoisotopic (exact) mass is 196 g/mol. The van der Waals surface area contributed by atoms with Crippen LogP contribution in [0.25, 0.3) is 0 Å². The van der Waals surface area contributed by atoms with E-state index in [1.165, 1.54) is 32.1 Å². The van der Waals surface area contributed by atoms with Crippen molar-refractivity contribution < 1.29 is 4.79 Å². The molecule has 1 nitrogen and oxygen atoms in total. The molecule has 1 aliphatic carbocycles. The topological polar surface area (TPSA) is 17.1 Å². The SMILES string of the molecule is CC(C)CCCC1CCC(C=O)CC1. The first-order valence-corrected chi connectivity index (χ1v) is 6.17. The lowest BCUT2D eigenvalue weighted by Gasteiger charge is -2.25. The number of rotatable bonds is 5. The molecule has 0 aliphatic heterocycles. The van der Waals surface area contributed by atoms with E-state index >= 15 is 0 Å². The first kappa shape index (κ1) is 11.7. The van der Waals surface area contributed by atoms with Crippen LogP contribution in [0.3, 0.4) is 0 Å². The molecule has 0 bridgehead atoms. The Balaban J connectivity index is 2.07. The quantitative estimate of drug-likeness (QED) is 0.611. The van der Waals surface area contributed by atoms with Crippen LogP contribution < -0.4 is 0 Å². The van der Waals surface area contributed by atoms with Gasteiger partial charge in [0.05, 0.1) is 0 Å². The second kappa shape index (κ2) is 6.21. The minimum atomic E-state index is 0.386. The van der Waals surface area contributed by atoms with Gasteiger partial charge in [0, 0.05) is 5.92 Å². The van der Waals surface area contributed by atoms with Gasteiger partial charge in [0.1, 0.15) is 6.29 Å². The zero-order chi connectivity index (χ0) is 10.4. The maximum atomic E-state index is 10.6. The fraction of sp³-hybridized carbons (Fsp3) is 0.923. The number of aldehydes is 1. The summed E-state index contributed by atoms with van der Waals surface area (Å²) >= 11 is 0. The normalized spacial score (nSPS) is 27.9. The smallest absolute Gasteiger partial charge is 0.123 e. The largest absolute Gasteiger partial charge is 0.303 e. The minimum Gasteiger partial charge on any atom is -0.303 e. The molecule has 0 radical (unpaired) electrons. The maximum absolute atomic E-state index is 10.6. The minimum absolute atomic E-state index is 0.386. The Labute approximate surface area is 88.3 Å². The summed E-state index contributed by atoms with van der Waals surface area (Å²) in [5.74, 6) is 2.16. The Hall–Kier alpha value is -0.330. The Morgan fingerprint density at radius 2 is 1.86 bits per heavy atom. The Bertz CT molecular complexity index is 155. The van der Waals surface area contributed by atoms with Crippen LogP contribution >= 0.6 is 0 Å². The van der Waals surface area contributed by atoms with Gasteiger partial charge >= 0.3 is 0 Å². The summed E-state index contributed by atoms with van der Waals surface area (Å²) < 4.78 is 0. The average Bonchev–Trinajstić information content (AvgIpc) is 2.18. The van der Waals surface area contributed by atoms with Crippen LogP contribution in [0.5, 0.6) is 0 Å². The Morgan fingerprint density at radius 3 is 2.36 bits per heavy atom. The van der Waals surface area contributed by atoms with E-state index in [0.717, 1.165) is 31.0 Å². The summed E-state index contributed by atoms with van der Waals surface area (Å²) in [7, 11) is 0. The van der Waals surface area contributed by atoms with E-state index in [-0.39, 0.29) is 0 Å². The molecular weight excluding hydrogens is 172 g/mol. The molecule has 0 aromatic rings. The molecule has 0 heterocycles. The number of carbonyl (C=O) groups excluding carboxylic acids is 1. The third kappa shape index (κ3) is 4.26. The zero-order valence-corrected chi connectivity index (χ0v) is 9.67. The van der Waals surface area contributed by atoms with Gasteiger partial charge in [0.25, 0.3) is 0 Å². The first-order chi connectivity index (χ1) is 6.72. The molecule has 0 spiro atoms. The molecule has 0 amide bonds. The number of carbonyl (C=O) groups is 1. The molecule has 1 heteroatoms. The lowest BCUT2D eigenvalue weighted by Crippen LogP contribution is -2.15. The van der Waals surface area contributed by atoms with Gasteiger partial charge in [-0.3, -0.25) is 0 Å². The summed E-state index contributed by atoms with van der Waals surface area (Å²) in [6.07, 6.45) is 10.2. The lowest BCUT2D eigenvalue weighted by atomic mass is 9.80. The van der Waals surface area contributed by atoms with Crippen molar-refractivity contribution in [2.24, 2.45) is 17.8 Å².